The van der Waals surface area contributed by atoms with Crippen molar-refractivity contribution in [1.82, 2.24) is 0 Å². The van der Waals surface area contributed by atoms with Crippen LogP contribution in [0.3, 0.4) is 0 Å². The third-order valence-electron chi connectivity index (χ3n) is 3.82. The monoisotopic (exact) mass is 379 g/mol. The molecule has 5 nitrogen and oxygen atoms in total. The van der Waals surface area contributed by atoms with Crippen molar-refractivity contribution in [2.24, 2.45) is 0 Å². The Morgan fingerprint density at radius 3 is 2.30 bits per heavy atom. The molecule has 1 amide bonds. The highest BCUT2D eigenvalue weighted by atomic mass is 32.2. The first-order chi connectivity index (χ1) is 13.1. The number of aromatic carboxylic acids is 1. The zero-order valence-corrected chi connectivity index (χ0v) is 15.3. The third-order valence-corrected chi connectivity index (χ3v) is 4.90. The van der Waals surface area contributed by atoms with Gasteiger partial charge in [-0.05, 0) is 48.5 Å². The Bertz CT molecular complexity index is 970. The molecule has 27 heavy (non-hydrogen) atoms. The van der Waals surface area contributed by atoms with Crippen molar-refractivity contribution >= 4 is 29.3 Å². The summed E-state index contributed by atoms with van der Waals surface area (Å²) in [6, 6.07) is 21.0. The van der Waals surface area contributed by atoms with Crippen LogP contribution in [0.25, 0.3) is 0 Å². The van der Waals surface area contributed by atoms with Crippen LogP contribution in [0.5, 0.6) is 5.75 Å². The first kappa shape index (κ1) is 18.5. The average Bonchev–Trinajstić information content (AvgIpc) is 2.69. The van der Waals surface area contributed by atoms with E-state index in [2.05, 4.69) is 5.32 Å². The van der Waals surface area contributed by atoms with E-state index in [1.807, 2.05) is 24.3 Å². The number of hydrogen-bond acceptors (Lipinski definition) is 4. The second-order valence-corrected chi connectivity index (χ2v) is 6.70. The summed E-state index contributed by atoms with van der Waals surface area (Å²) in [6.07, 6.45) is 0. The van der Waals surface area contributed by atoms with Crippen molar-refractivity contribution in [1.29, 1.82) is 0 Å². The van der Waals surface area contributed by atoms with E-state index >= 15 is 0 Å². The highest BCUT2D eigenvalue weighted by Crippen LogP contribution is 2.32. The van der Waals surface area contributed by atoms with Crippen LogP contribution in [-0.4, -0.2) is 24.1 Å². The van der Waals surface area contributed by atoms with Crippen molar-refractivity contribution in [3.05, 3.63) is 83.9 Å². The Morgan fingerprint density at radius 2 is 1.59 bits per heavy atom. The zero-order valence-electron chi connectivity index (χ0n) is 14.5. The summed E-state index contributed by atoms with van der Waals surface area (Å²) in [7, 11) is 1.55. The van der Waals surface area contributed by atoms with Gasteiger partial charge in [-0.2, -0.15) is 0 Å². The highest BCUT2D eigenvalue weighted by molar-refractivity contribution is 7.99. The first-order valence-corrected chi connectivity index (χ1v) is 8.95. The lowest BCUT2D eigenvalue weighted by atomic mass is 10.2. The average molecular weight is 379 g/mol. The lowest BCUT2D eigenvalue weighted by Crippen LogP contribution is -2.13. The topological polar surface area (TPSA) is 75.6 Å². The van der Waals surface area contributed by atoms with E-state index < -0.39 is 5.97 Å². The molecule has 6 heteroatoms. The van der Waals surface area contributed by atoms with Gasteiger partial charge in [-0.1, -0.05) is 36.0 Å². The maximum atomic E-state index is 12.8. The van der Waals surface area contributed by atoms with E-state index in [1.165, 1.54) is 11.8 Å². The van der Waals surface area contributed by atoms with Gasteiger partial charge in [-0.25, -0.2) is 4.79 Å². The number of rotatable bonds is 6. The lowest BCUT2D eigenvalue weighted by molar-refractivity contribution is 0.0696. The molecule has 3 aromatic rings. The number of nitrogens with one attached hydrogen (secondary N) is 1. The molecule has 3 aromatic carbocycles. The number of carboxylic acids is 1. The molecule has 0 aromatic heterocycles. The summed E-state index contributed by atoms with van der Waals surface area (Å²) in [5.74, 6) is -0.631. The summed E-state index contributed by atoms with van der Waals surface area (Å²) >= 11 is 1.40. The molecule has 136 valence electrons. The van der Waals surface area contributed by atoms with Gasteiger partial charge < -0.3 is 15.2 Å². The van der Waals surface area contributed by atoms with Crippen LogP contribution in [0.2, 0.25) is 0 Å². The molecule has 0 aliphatic heterocycles. The van der Waals surface area contributed by atoms with E-state index in [0.717, 1.165) is 9.79 Å². The fraction of sp³-hybridized carbons (Fsp3) is 0.0476. The van der Waals surface area contributed by atoms with Crippen LogP contribution in [0.4, 0.5) is 5.69 Å². The minimum Gasteiger partial charge on any atom is -0.495 e. The molecule has 3 rings (SSSR count). The van der Waals surface area contributed by atoms with Crippen LogP contribution in [-0.2, 0) is 0 Å². The largest absolute Gasteiger partial charge is 0.495 e. The predicted molar refractivity (Wildman–Crippen MR) is 105 cm³/mol. The van der Waals surface area contributed by atoms with Crippen molar-refractivity contribution in [3.8, 4) is 5.75 Å². The highest BCUT2D eigenvalue weighted by Gasteiger charge is 2.14. The Kier molecular flexibility index (Phi) is 5.78. The number of anilines is 1. The molecule has 0 bridgehead atoms. The summed E-state index contributed by atoms with van der Waals surface area (Å²) in [5.41, 5.74) is 1.34. The molecule has 0 saturated carbocycles. The molecule has 0 fully saturated rings. The van der Waals surface area contributed by atoms with E-state index in [1.54, 1.807) is 55.6 Å². The molecule has 0 aliphatic rings. The van der Waals surface area contributed by atoms with E-state index in [4.69, 9.17) is 9.84 Å². The Hall–Kier alpha value is -3.25. The quantitative estimate of drug-likeness (QED) is 0.644. The van der Waals surface area contributed by atoms with Crippen molar-refractivity contribution in [2.45, 2.75) is 9.79 Å². The van der Waals surface area contributed by atoms with Gasteiger partial charge in [0, 0.05) is 9.79 Å². The van der Waals surface area contributed by atoms with Crippen LogP contribution < -0.4 is 10.1 Å². The molecule has 0 unspecified atom stereocenters. The molecule has 0 radical (unpaired) electrons. The number of para-hydroxylation sites is 2. The van der Waals surface area contributed by atoms with Crippen LogP contribution in [0, 0.1) is 0 Å². The Balaban J connectivity index is 1.83. The molecule has 0 saturated heterocycles. The molecule has 0 spiro atoms. The minimum absolute atomic E-state index is 0.224. The van der Waals surface area contributed by atoms with Gasteiger partial charge in [-0.15, -0.1) is 0 Å². The summed E-state index contributed by atoms with van der Waals surface area (Å²) in [4.78, 5) is 25.4. The summed E-state index contributed by atoms with van der Waals surface area (Å²) in [5, 5.41) is 11.9. The second-order valence-electron chi connectivity index (χ2n) is 5.58. The number of benzene rings is 3. The maximum Gasteiger partial charge on any atom is 0.335 e. The normalized spacial score (nSPS) is 10.3. The first-order valence-electron chi connectivity index (χ1n) is 8.13. The fourth-order valence-electron chi connectivity index (χ4n) is 2.47. The van der Waals surface area contributed by atoms with Crippen LogP contribution in [0.1, 0.15) is 20.7 Å². The lowest BCUT2D eigenvalue weighted by Gasteiger charge is -2.12. The molecular formula is C21H17NO4S. The number of methoxy groups -OCH3 is 1. The number of ether oxygens (including phenoxy) is 1. The van der Waals surface area contributed by atoms with Gasteiger partial charge in [0.25, 0.3) is 5.91 Å². The molecule has 0 heterocycles. The van der Waals surface area contributed by atoms with Gasteiger partial charge in [0.1, 0.15) is 5.75 Å². The van der Waals surface area contributed by atoms with Crippen molar-refractivity contribution in [2.75, 3.05) is 12.4 Å². The van der Waals surface area contributed by atoms with E-state index in [9.17, 15) is 9.59 Å². The third kappa shape index (κ3) is 4.48. The van der Waals surface area contributed by atoms with Gasteiger partial charge in [0.2, 0.25) is 0 Å². The van der Waals surface area contributed by atoms with Crippen LogP contribution >= 0.6 is 11.8 Å². The zero-order chi connectivity index (χ0) is 19.2. The Morgan fingerprint density at radius 1 is 0.926 bits per heavy atom. The molecule has 0 aliphatic carbocycles. The summed E-state index contributed by atoms with van der Waals surface area (Å²) < 4.78 is 5.27. The summed E-state index contributed by atoms with van der Waals surface area (Å²) in [6.45, 7) is 0. The van der Waals surface area contributed by atoms with Gasteiger partial charge in [0.15, 0.2) is 0 Å². The number of carbonyl (C=O) groups excluding carboxylic acids is 1. The van der Waals surface area contributed by atoms with Crippen LogP contribution in [0.15, 0.2) is 82.6 Å². The fourth-order valence-corrected chi connectivity index (χ4v) is 3.42. The van der Waals surface area contributed by atoms with E-state index in [-0.39, 0.29) is 11.5 Å². The van der Waals surface area contributed by atoms with Crippen molar-refractivity contribution in [3.63, 3.8) is 0 Å². The molecular weight excluding hydrogens is 362 g/mol. The number of amides is 1. The SMILES string of the molecule is COc1ccccc1NC(=O)c1ccccc1Sc1ccc(C(=O)O)cc1. The number of carbonyl (C=O) groups is 2. The predicted octanol–water partition coefficient (Wildman–Crippen LogP) is 4.80. The molecule has 0 atom stereocenters. The maximum absolute atomic E-state index is 12.8. The minimum atomic E-state index is -0.969. The van der Waals surface area contributed by atoms with Gasteiger partial charge in [-0.3, -0.25) is 4.79 Å². The smallest absolute Gasteiger partial charge is 0.335 e. The number of hydrogen-bond donors (Lipinski definition) is 2. The second kappa shape index (κ2) is 8.42. The van der Waals surface area contributed by atoms with Crippen molar-refractivity contribution < 1.29 is 19.4 Å². The Labute approximate surface area is 161 Å². The molecule has 2 N–H and O–H groups in total. The van der Waals surface area contributed by atoms with E-state index in [0.29, 0.717) is 17.0 Å². The number of carboxylic acid groups (broad SMARTS) is 1. The van der Waals surface area contributed by atoms with Gasteiger partial charge in [0.05, 0.1) is 23.9 Å². The standard InChI is InChI=1S/C21H17NO4S/c1-26-18-8-4-3-7-17(18)22-20(23)16-6-2-5-9-19(16)27-15-12-10-14(11-13-15)21(24)25/h2-13H,1H3,(H,22,23)(H,24,25). The van der Waals surface area contributed by atoms with Gasteiger partial charge >= 0.3 is 5.97 Å².